The number of methoxy groups -OCH3 is 1. The fourth-order valence-corrected chi connectivity index (χ4v) is 4.37. The molecule has 2 aromatic rings. The molecule has 0 spiro atoms. The molecule has 0 saturated carbocycles. The van der Waals surface area contributed by atoms with Gasteiger partial charge in [0.25, 0.3) is 0 Å². The molecule has 0 heterocycles. The molecule has 0 saturated heterocycles. The summed E-state index contributed by atoms with van der Waals surface area (Å²) < 4.78 is 36.6. The van der Waals surface area contributed by atoms with Gasteiger partial charge in [0, 0.05) is 6.54 Å². The monoisotopic (exact) mass is 448 g/mol. The van der Waals surface area contributed by atoms with E-state index in [2.05, 4.69) is 5.32 Å². The fourth-order valence-electron chi connectivity index (χ4n) is 3.20. The van der Waals surface area contributed by atoms with Crippen molar-refractivity contribution >= 4 is 21.6 Å². The number of ether oxygens (including phenoxy) is 2. The minimum Gasteiger partial charge on any atom is -0.497 e. The van der Waals surface area contributed by atoms with Crippen molar-refractivity contribution in [1.29, 1.82) is 0 Å². The lowest BCUT2D eigenvalue weighted by molar-refractivity contribution is -0.121. The van der Waals surface area contributed by atoms with Gasteiger partial charge in [-0.25, -0.2) is 8.42 Å². The number of nitrogens with one attached hydrogen (secondary N) is 1. The molecule has 0 aliphatic heterocycles. The Hall–Kier alpha value is -2.74. The van der Waals surface area contributed by atoms with Gasteiger partial charge < -0.3 is 14.8 Å². The molecule has 8 heteroatoms. The smallest absolute Gasteiger partial charge is 0.243 e. The summed E-state index contributed by atoms with van der Waals surface area (Å²) in [6.07, 6.45) is 2.76. The number of aryl methyl sites for hydroxylation is 1. The molecule has 0 aliphatic rings. The van der Waals surface area contributed by atoms with E-state index < -0.39 is 16.1 Å². The van der Waals surface area contributed by atoms with Crippen LogP contribution in [0.15, 0.2) is 48.5 Å². The lowest BCUT2D eigenvalue weighted by Gasteiger charge is -2.28. The fraction of sp³-hybridized carbons (Fsp3) is 0.435. The van der Waals surface area contributed by atoms with Crippen LogP contribution in [0.1, 0.15) is 32.8 Å². The summed E-state index contributed by atoms with van der Waals surface area (Å²) in [5.74, 6) is 1.10. The Kier molecular flexibility index (Phi) is 8.74. The van der Waals surface area contributed by atoms with E-state index in [1.807, 2.05) is 38.1 Å². The molecular weight excluding hydrogens is 416 g/mol. The van der Waals surface area contributed by atoms with Crippen molar-refractivity contribution in [2.24, 2.45) is 0 Å². The third-order valence-electron chi connectivity index (χ3n) is 4.65. The van der Waals surface area contributed by atoms with Crippen molar-refractivity contribution in [1.82, 2.24) is 5.32 Å². The molecule has 0 aromatic heterocycles. The lowest BCUT2D eigenvalue weighted by atomic mass is 10.1. The second-order valence-corrected chi connectivity index (χ2v) is 9.50. The maximum absolute atomic E-state index is 12.6. The van der Waals surface area contributed by atoms with Crippen molar-refractivity contribution in [2.75, 3.05) is 24.2 Å². The van der Waals surface area contributed by atoms with E-state index in [0.717, 1.165) is 34.7 Å². The predicted octanol–water partition coefficient (Wildman–Crippen LogP) is 3.39. The summed E-state index contributed by atoms with van der Waals surface area (Å²) in [6.45, 7) is 6.00. The summed E-state index contributed by atoms with van der Waals surface area (Å²) in [4.78, 5) is 12.6. The second-order valence-electron chi connectivity index (χ2n) is 7.64. The maximum atomic E-state index is 12.6. The van der Waals surface area contributed by atoms with Gasteiger partial charge in [-0.05, 0) is 75.6 Å². The zero-order valence-electron chi connectivity index (χ0n) is 18.8. The quantitative estimate of drug-likeness (QED) is 0.533. The molecule has 0 aliphatic carbocycles. The number of hydrogen-bond donors (Lipinski definition) is 1. The van der Waals surface area contributed by atoms with Crippen LogP contribution >= 0.6 is 0 Å². The Labute approximate surface area is 185 Å². The van der Waals surface area contributed by atoms with E-state index in [1.54, 1.807) is 31.2 Å². The van der Waals surface area contributed by atoms with Crippen molar-refractivity contribution in [3.8, 4) is 11.5 Å². The first kappa shape index (κ1) is 24.5. The van der Waals surface area contributed by atoms with Crippen LogP contribution in [0.5, 0.6) is 11.5 Å². The highest BCUT2D eigenvalue weighted by Crippen LogP contribution is 2.23. The Morgan fingerprint density at radius 1 is 1.00 bits per heavy atom. The van der Waals surface area contributed by atoms with Crippen molar-refractivity contribution in [3.63, 3.8) is 0 Å². The average molecular weight is 449 g/mol. The van der Waals surface area contributed by atoms with Crippen LogP contribution < -0.4 is 19.1 Å². The van der Waals surface area contributed by atoms with Gasteiger partial charge >= 0.3 is 0 Å². The number of amides is 1. The first-order chi connectivity index (χ1) is 14.6. The van der Waals surface area contributed by atoms with Crippen LogP contribution in [-0.4, -0.2) is 46.4 Å². The van der Waals surface area contributed by atoms with Crippen LogP contribution in [-0.2, 0) is 21.2 Å². The number of rotatable bonds is 11. The van der Waals surface area contributed by atoms with Gasteiger partial charge in [0.1, 0.15) is 17.5 Å². The van der Waals surface area contributed by atoms with Crippen molar-refractivity contribution in [2.45, 2.75) is 45.8 Å². The highest BCUT2D eigenvalue weighted by atomic mass is 32.2. The zero-order chi connectivity index (χ0) is 23.0. The van der Waals surface area contributed by atoms with E-state index in [0.29, 0.717) is 18.0 Å². The molecule has 2 rings (SSSR count). The summed E-state index contributed by atoms with van der Waals surface area (Å²) in [7, 11) is -2.11. The standard InChI is InChI=1S/C23H32N2O5S/c1-17(2)30-22-12-8-19(9-13-22)7-6-16-24-23(26)18(3)25(31(5,27)28)20-10-14-21(29-4)15-11-20/h8-15,17-18H,6-7,16H2,1-5H3,(H,24,26). The number of hydrogen-bond acceptors (Lipinski definition) is 5. The Balaban J connectivity index is 1.91. The minimum atomic E-state index is -3.65. The normalized spacial score (nSPS) is 12.3. The molecule has 1 atom stereocenters. The summed E-state index contributed by atoms with van der Waals surface area (Å²) in [5, 5.41) is 2.84. The van der Waals surface area contributed by atoms with Crippen LogP contribution in [0, 0.1) is 0 Å². The number of carbonyl (C=O) groups excluding carboxylic acids is 1. The van der Waals surface area contributed by atoms with Crippen molar-refractivity contribution < 1.29 is 22.7 Å². The molecule has 1 N–H and O–H groups in total. The summed E-state index contributed by atoms with van der Waals surface area (Å²) in [5.41, 5.74) is 1.56. The Morgan fingerprint density at radius 2 is 1.58 bits per heavy atom. The van der Waals surface area contributed by atoms with Crippen LogP contribution in [0.2, 0.25) is 0 Å². The average Bonchev–Trinajstić information content (AvgIpc) is 2.71. The first-order valence-electron chi connectivity index (χ1n) is 10.3. The SMILES string of the molecule is COc1ccc(N(C(C)C(=O)NCCCc2ccc(OC(C)C)cc2)S(C)(=O)=O)cc1. The van der Waals surface area contributed by atoms with E-state index in [4.69, 9.17) is 9.47 Å². The van der Waals surface area contributed by atoms with Crippen LogP contribution in [0.3, 0.4) is 0 Å². The van der Waals surface area contributed by atoms with E-state index >= 15 is 0 Å². The third-order valence-corrected chi connectivity index (χ3v) is 5.89. The largest absolute Gasteiger partial charge is 0.497 e. The third kappa shape index (κ3) is 7.47. The predicted molar refractivity (Wildman–Crippen MR) is 123 cm³/mol. The molecule has 170 valence electrons. The van der Waals surface area contributed by atoms with Crippen LogP contribution in [0.25, 0.3) is 0 Å². The lowest BCUT2D eigenvalue weighted by Crippen LogP contribution is -2.48. The first-order valence-corrected chi connectivity index (χ1v) is 12.1. The van der Waals surface area contributed by atoms with Gasteiger partial charge in [0.05, 0.1) is 25.2 Å². The second kappa shape index (κ2) is 11.0. The van der Waals surface area contributed by atoms with Gasteiger partial charge in [0.15, 0.2) is 0 Å². The van der Waals surface area contributed by atoms with E-state index in [-0.39, 0.29) is 12.0 Å². The van der Waals surface area contributed by atoms with Crippen molar-refractivity contribution in [3.05, 3.63) is 54.1 Å². The molecule has 31 heavy (non-hydrogen) atoms. The highest BCUT2D eigenvalue weighted by Gasteiger charge is 2.28. The topological polar surface area (TPSA) is 84.9 Å². The molecular formula is C23H32N2O5S. The van der Waals surface area contributed by atoms with E-state index in [9.17, 15) is 13.2 Å². The molecule has 1 unspecified atom stereocenters. The van der Waals surface area contributed by atoms with Crippen LogP contribution in [0.4, 0.5) is 5.69 Å². The van der Waals surface area contributed by atoms with Gasteiger partial charge in [-0.15, -0.1) is 0 Å². The van der Waals surface area contributed by atoms with Gasteiger partial charge in [-0.3, -0.25) is 9.10 Å². The number of benzene rings is 2. The summed E-state index contributed by atoms with van der Waals surface area (Å²) in [6, 6.07) is 13.6. The van der Waals surface area contributed by atoms with Gasteiger partial charge in [-0.2, -0.15) is 0 Å². The van der Waals surface area contributed by atoms with Gasteiger partial charge in [-0.1, -0.05) is 12.1 Å². The maximum Gasteiger partial charge on any atom is 0.243 e. The number of carbonyl (C=O) groups is 1. The van der Waals surface area contributed by atoms with E-state index in [1.165, 1.54) is 7.11 Å². The summed E-state index contributed by atoms with van der Waals surface area (Å²) >= 11 is 0. The molecule has 7 nitrogen and oxygen atoms in total. The molecule has 2 aromatic carbocycles. The zero-order valence-corrected chi connectivity index (χ0v) is 19.6. The molecule has 1 amide bonds. The molecule has 0 fully saturated rings. The number of anilines is 1. The highest BCUT2D eigenvalue weighted by molar-refractivity contribution is 7.92. The Morgan fingerprint density at radius 3 is 2.10 bits per heavy atom. The molecule has 0 radical (unpaired) electrons. The Bertz CT molecular complexity index is 941. The molecule has 0 bridgehead atoms. The minimum absolute atomic E-state index is 0.132. The number of nitrogens with zero attached hydrogens (tertiary/aromatic N) is 1. The van der Waals surface area contributed by atoms with Gasteiger partial charge in [0.2, 0.25) is 15.9 Å². The number of sulfonamides is 1.